The number of carbonyl (C=O) groups excluding carboxylic acids is 1. The summed E-state index contributed by atoms with van der Waals surface area (Å²) in [5.41, 5.74) is 0.802. The highest BCUT2D eigenvalue weighted by Crippen LogP contribution is 2.25. The van der Waals surface area contributed by atoms with Gasteiger partial charge >= 0.3 is 0 Å². The first-order chi connectivity index (χ1) is 12.4. The van der Waals surface area contributed by atoms with Crippen molar-refractivity contribution < 1.29 is 14.5 Å². The molecule has 0 fully saturated rings. The van der Waals surface area contributed by atoms with Crippen molar-refractivity contribution in [2.75, 3.05) is 19.4 Å². The lowest BCUT2D eigenvalue weighted by Crippen LogP contribution is -2.26. The summed E-state index contributed by atoms with van der Waals surface area (Å²) in [6.07, 6.45) is 2.42. The number of rotatable bonds is 8. The first-order valence-electron chi connectivity index (χ1n) is 7.92. The SMILES string of the molecule is CSc1ccc([N+](=O)[O-])c(C(=O)NCCCOc2ccc(Cl)cc2C)c1. The molecule has 2 rings (SSSR count). The van der Waals surface area contributed by atoms with Crippen molar-refractivity contribution in [2.45, 2.75) is 18.2 Å². The van der Waals surface area contributed by atoms with Crippen LogP contribution in [0.2, 0.25) is 5.02 Å². The van der Waals surface area contributed by atoms with Crippen molar-refractivity contribution in [3.8, 4) is 5.75 Å². The predicted molar refractivity (Wildman–Crippen MR) is 104 cm³/mol. The van der Waals surface area contributed by atoms with Gasteiger partial charge in [0.1, 0.15) is 11.3 Å². The monoisotopic (exact) mass is 394 g/mol. The molecule has 0 unspecified atom stereocenters. The Hall–Kier alpha value is -2.25. The summed E-state index contributed by atoms with van der Waals surface area (Å²) < 4.78 is 5.66. The fourth-order valence-corrected chi connectivity index (χ4v) is 2.98. The number of aryl methyl sites for hydroxylation is 1. The number of carbonyl (C=O) groups is 1. The van der Waals surface area contributed by atoms with E-state index in [1.54, 1.807) is 18.2 Å². The van der Waals surface area contributed by atoms with Crippen LogP contribution in [-0.4, -0.2) is 30.2 Å². The Bertz CT molecular complexity index is 814. The minimum Gasteiger partial charge on any atom is -0.493 e. The molecule has 0 aliphatic carbocycles. The summed E-state index contributed by atoms with van der Waals surface area (Å²) in [6, 6.07) is 9.88. The Balaban J connectivity index is 1.88. The number of thioether (sulfide) groups is 1. The smallest absolute Gasteiger partial charge is 0.282 e. The van der Waals surface area contributed by atoms with Crippen molar-refractivity contribution >= 4 is 35.0 Å². The maximum absolute atomic E-state index is 12.3. The van der Waals surface area contributed by atoms with E-state index < -0.39 is 10.8 Å². The number of nitrogens with zero attached hydrogens (tertiary/aromatic N) is 1. The molecule has 0 heterocycles. The predicted octanol–water partition coefficient (Wildman–Crippen LogP) is 4.48. The van der Waals surface area contributed by atoms with Crippen LogP contribution in [0.25, 0.3) is 0 Å². The molecule has 26 heavy (non-hydrogen) atoms. The van der Waals surface area contributed by atoms with E-state index in [9.17, 15) is 14.9 Å². The van der Waals surface area contributed by atoms with Gasteiger partial charge in [-0.2, -0.15) is 0 Å². The summed E-state index contributed by atoms with van der Waals surface area (Å²) in [5, 5.41) is 14.5. The van der Waals surface area contributed by atoms with E-state index in [0.717, 1.165) is 16.2 Å². The van der Waals surface area contributed by atoms with Gasteiger partial charge in [-0.3, -0.25) is 14.9 Å². The van der Waals surface area contributed by atoms with Gasteiger partial charge in [0.25, 0.3) is 11.6 Å². The van der Waals surface area contributed by atoms with Crippen LogP contribution in [0.3, 0.4) is 0 Å². The fourth-order valence-electron chi connectivity index (χ4n) is 2.31. The summed E-state index contributed by atoms with van der Waals surface area (Å²) in [4.78, 5) is 23.6. The lowest BCUT2D eigenvalue weighted by Gasteiger charge is -2.10. The number of nitro groups is 1. The third-order valence-electron chi connectivity index (χ3n) is 3.65. The van der Waals surface area contributed by atoms with Crippen LogP contribution >= 0.6 is 23.4 Å². The van der Waals surface area contributed by atoms with Gasteiger partial charge in [-0.25, -0.2) is 0 Å². The van der Waals surface area contributed by atoms with Gasteiger partial charge < -0.3 is 10.1 Å². The van der Waals surface area contributed by atoms with Crippen LogP contribution in [0.5, 0.6) is 5.75 Å². The van der Waals surface area contributed by atoms with Gasteiger partial charge in [0, 0.05) is 22.5 Å². The molecule has 0 bridgehead atoms. The maximum Gasteiger partial charge on any atom is 0.282 e. The van der Waals surface area contributed by atoms with Gasteiger partial charge in [0.2, 0.25) is 0 Å². The zero-order chi connectivity index (χ0) is 19.1. The highest BCUT2D eigenvalue weighted by atomic mass is 35.5. The zero-order valence-electron chi connectivity index (χ0n) is 14.5. The molecular formula is C18H19ClN2O4S. The molecule has 1 N–H and O–H groups in total. The van der Waals surface area contributed by atoms with Gasteiger partial charge in [0.15, 0.2) is 0 Å². The molecule has 0 aliphatic rings. The normalized spacial score (nSPS) is 10.4. The number of hydrogen-bond donors (Lipinski definition) is 1. The Labute approximate surface area is 161 Å². The Kier molecular flexibility index (Phi) is 7.29. The minimum absolute atomic E-state index is 0.0660. The Morgan fingerprint density at radius 1 is 1.31 bits per heavy atom. The number of hydrogen-bond acceptors (Lipinski definition) is 5. The minimum atomic E-state index is -0.550. The van der Waals surface area contributed by atoms with E-state index in [0.29, 0.717) is 24.6 Å². The fraction of sp³-hybridized carbons (Fsp3) is 0.278. The molecule has 2 aromatic carbocycles. The van der Waals surface area contributed by atoms with E-state index in [4.69, 9.17) is 16.3 Å². The lowest BCUT2D eigenvalue weighted by molar-refractivity contribution is -0.385. The highest BCUT2D eigenvalue weighted by molar-refractivity contribution is 7.98. The molecule has 0 aromatic heterocycles. The number of halogens is 1. The molecule has 138 valence electrons. The molecule has 8 heteroatoms. The number of benzene rings is 2. The van der Waals surface area contributed by atoms with Gasteiger partial charge in [-0.15, -0.1) is 11.8 Å². The molecule has 2 aromatic rings. The van der Waals surface area contributed by atoms with Crippen LogP contribution in [0.15, 0.2) is 41.3 Å². The second-order valence-electron chi connectivity index (χ2n) is 5.51. The van der Waals surface area contributed by atoms with Crippen LogP contribution in [0.1, 0.15) is 22.3 Å². The van der Waals surface area contributed by atoms with E-state index in [1.807, 2.05) is 19.2 Å². The zero-order valence-corrected chi connectivity index (χ0v) is 16.0. The maximum atomic E-state index is 12.3. The van der Waals surface area contributed by atoms with Crippen molar-refractivity contribution in [3.05, 3.63) is 62.7 Å². The molecule has 6 nitrogen and oxygen atoms in total. The standard InChI is InChI=1S/C18H19ClN2O4S/c1-12-10-13(19)4-7-17(12)25-9-3-8-20-18(22)15-11-14(26-2)5-6-16(15)21(23)24/h4-7,10-11H,3,8-9H2,1-2H3,(H,20,22). The Morgan fingerprint density at radius 2 is 2.08 bits per heavy atom. The van der Waals surface area contributed by atoms with Crippen molar-refractivity contribution in [2.24, 2.45) is 0 Å². The quantitative estimate of drug-likeness (QED) is 0.309. The third kappa shape index (κ3) is 5.37. The summed E-state index contributed by atoms with van der Waals surface area (Å²) in [6.45, 7) is 2.67. The first-order valence-corrected chi connectivity index (χ1v) is 9.52. The van der Waals surface area contributed by atoms with Crippen LogP contribution in [0, 0.1) is 17.0 Å². The summed E-state index contributed by atoms with van der Waals surface area (Å²) in [7, 11) is 0. The first kappa shape index (κ1) is 20.1. The molecule has 1 amide bonds. The molecule has 0 radical (unpaired) electrons. The van der Waals surface area contributed by atoms with E-state index >= 15 is 0 Å². The van der Waals surface area contributed by atoms with E-state index in [-0.39, 0.29) is 11.3 Å². The molecule has 0 spiro atoms. The third-order valence-corrected chi connectivity index (χ3v) is 4.61. The summed E-state index contributed by atoms with van der Waals surface area (Å²) >= 11 is 7.32. The number of nitrogens with one attached hydrogen (secondary N) is 1. The van der Waals surface area contributed by atoms with Crippen molar-refractivity contribution in [3.63, 3.8) is 0 Å². The van der Waals surface area contributed by atoms with Crippen molar-refractivity contribution in [1.29, 1.82) is 0 Å². The van der Waals surface area contributed by atoms with Crippen LogP contribution < -0.4 is 10.1 Å². The average Bonchev–Trinajstić information content (AvgIpc) is 2.62. The van der Waals surface area contributed by atoms with Crippen molar-refractivity contribution in [1.82, 2.24) is 5.32 Å². The number of amides is 1. The number of nitro benzene ring substituents is 1. The highest BCUT2D eigenvalue weighted by Gasteiger charge is 2.20. The molecule has 0 atom stereocenters. The van der Waals surface area contributed by atoms with Crippen LogP contribution in [0.4, 0.5) is 5.69 Å². The molecular weight excluding hydrogens is 376 g/mol. The average molecular weight is 395 g/mol. The molecule has 0 saturated carbocycles. The lowest BCUT2D eigenvalue weighted by atomic mass is 10.1. The van der Waals surface area contributed by atoms with Crippen LogP contribution in [-0.2, 0) is 0 Å². The second-order valence-corrected chi connectivity index (χ2v) is 6.82. The second kappa shape index (κ2) is 9.45. The van der Waals surface area contributed by atoms with Gasteiger partial charge in [-0.05, 0) is 55.5 Å². The van der Waals surface area contributed by atoms with Gasteiger partial charge in [-0.1, -0.05) is 11.6 Å². The van der Waals surface area contributed by atoms with E-state index in [2.05, 4.69) is 5.32 Å². The molecule has 0 aliphatic heterocycles. The van der Waals surface area contributed by atoms with Gasteiger partial charge in [0.05, 0.1) is 11.5 Å². The number of ether oxygens (including phenoxy) is 1. The molecule has 0 saturated heterocycles. The largest absolute Gasteiger partial charge is 0.493 e. The topological polar surface area (TPSA) is 81.5 Å². The van der Waals surface area contributed by atoms with E-state index in [1.165, 1.54) is 23.9 Å². The Morgan fingerprint density at radius 3 is 2.73 bits per heavy atom. The summed E-state index contributed by atoms with van der Waals surface area (Å²) in [5.74, 6) is 0.277.